The number of hydrogen-bond donors (Lipinski definition) is 0. The lowest BCUT2D eigenvalue weighted by atomic mass is 9.93. The second kappa shape index (κ2) is 4.07. The van der Waals surface area contributed by atoms with Crippen LogP contribution in [0.1, 0.15) is 20.3 Å². The van der Waals surface area contributed by atoms with Gasteiger partial charge in [-0.15, -0.1) is 0 Å². The van der Waals surface area contributed by atoms with Gasteiger partial charge in [-0.1, -0.05) is 13.8 Å². The molecule has 0 N–H and O–H groups in total. The van der Waals surface area contributed by atoms with E-state index in [2.05, 4.69) is 13.8 Å². The molecule has 0 aromatic rings. The predicted molar refractivity (Wildman–Crippen MR) is 44.6 cm³/mol. The van der Waals surface area contributed by atoms with Crippen LogP contribution in [0.3, 0.4) is 0 Å². The summed E-state index contributed by atoms with van der Waals surface area (Å²) >= 11 is 0. The lowest BCUT2D eigenvalue weighted by Gasteiger charge is -2.11. The van der Waals surface area contributed by atoms with Crippen molar-refractivity contribution in [3.8, 4) is 0 Å². The van der Waals surface area contributed by atoms with Crippen LogP contribution in [0.15, 0.2) is 0 Å². The van der Waals surface area contributed by atoms with Crippen molar-refractivity contribution in [3.63, 3.8) is 0 Å². The fourth-order valence-corrected chi connectivity index (χ4v) is 1.50. The van der Waals surface area contributed by atoms with E-state index >= 15 is 0 Å². The van der Waals surface area contributed by atoms with Gasteiger partial charge in [0.15, 0.2) is 0 Å². The summed E-state index contributed by atoms with van der Waals surface area (Å²) in [5.74, 6) is 1.49. The van der Waals surface area contributed by atoms with E-state index in [1.54, 1.807) is 7.11 Å². The summed E-state index contributed by atoms with van der Waals surface area (Å²) in [5.41, 5.74) is 0. The monoisotopic (exact) mass is 158 g/mol. The van der Waals surface area contributed by atoms with Crippen LogP contribution in [-0.4, -0.2) is 26.4 Å². The fourth-order valence-electron chi connectivity index (χ4n) is 1.50. The van der Waals surface area contributed by atoms with E-state index in [4.69, 9.17) is 9.47 Å². The van der Waals surface area contributed by atoms with Crippen molar-refractivity contribution in [2.75, 3.05) is 20.3 Å². The van der Waals surface area contributed by atoms with Crippen molar-refractivity contribution in [2.24, 2.45) is 11.8 Å². The average Bonchev–Trinajstić information content (AvgIpc) is 2.37. The van der Waals surface area contributed by atoms with E-state index in [9.17, 15) is 0 Å². The first-order chi connectivity index (χ1) is 5.24. The first-order valence-electron chi connectivity index (χ1n) is 4.34. The molecule has 66 valence electrons. The van der Waals surface area contributed by atoms with Crippen LogP contribution in [-0.2, 0) is 9.47 Å². The Labute approximate surface area is 68.9 Å². The van der Waals surface area contributed by atoms with Crippen molar-refractivity contribution >= 4 is 0 Å². The van der Waals surface area contributed by atoms with Crippen LogP contribution >= 0.6 is 0 Å². The molecule has 1 fully saturated rings. The third kappa shape index (κ3) is 2.46. The second-order valence-corrected chi connectivity index (χ2v) is 3.65. The molecule has 0 radical (unpaired) electrons. The van der Waals surface area contributed by atoms with Crippen LogP contribution in [0.5, 0.6) is 0 Å². The molecule has 0 saturated carbocycles. The molecule has 0 aromatic heterocycles. The lowest BCUT2D eigenvalue weighted by Crippen LogP contribution is -2.13. The highest BCUT2D eigenvalue weighted by atomic mass is 16.5. The normalized spacial score (nSPS) is 31.6. The molecule has 0 amide bonds. The van der Waals surface area contributed by atoms with Gasteiger partial charge in [0.1, 0.15) is 0 Å². The highest BCUT2D eigenvalue weighted by Gasteiger charge is 2.27. The zero-order valence-electron chi connectivity index (χ0n) is 7.67. The number of methoxy groups -OCH3 is 1. The molecule has 0 spiro atoms. The first-order valence-corrected chi connectivity index (χ1v) is 4.34. The standard InChI is InChI=1S/C9H18O2/c1-7(2)8-4-9(6-10-3)11-5-8/h7-9H,4-6H2,1-3H3/t8-,9+/m1/s1. The minimum atomic E-state index is 0.354. The predicted octanol–water partition coefficient (Wildman–Crippen LogP) is 1.69. The van der Waals surface area contributed by atoms with Crippen molar-refractivity contribution in [2.45, 2.75) is 26.4 Å². The van der Waals surface area contributed by atoms with E-state index in [0.29, 0.717) is 6.10 Å². The molecule has 0 bridgehead atoms. The average molecular weight is 158 g/mol. The molecule has 1 aliphatic rings. The molecule has 0 unspecified atom stereocenters. The van der Waals surface area contributed by atoms with Gasteiger partial charge in [-0.25, -0.2) is 0 Å². The van der Waals surface area contributed by atoms with E-state index < -0.39 is 0 Å². The van der Waals surface area contributed by atoms with Gasteiger partial charge >= 0.3 is 0 Å². The molecule has 1 heterocycles. The maximum atomic E-state index is 5.54. The minimum absolute atomic E-state index is 0.354. The third-order valence-electron chi connectivity index (χ3n) is 2.41. The molecule has 2 nitrogen and oxygen atoms in total. The molecule has 0 aliphatic carbocycles. The van der Waals surface area contributed by atoms with Gasteiger partial charge in [0.2, 0.25) is 0 Å². The maximum Gasteiger partial charge on any atom is 0.0812 e. The Hall–Kier alpha value is -0.0800. The van der Waals surface area contributed by atoms with Gasteiger partial charge in [0, 0.05) is 7.11 Å². The van der Waals surface area contributed by atoms with Gasteiger partial charge in [0.25, 0.3) is 0 Å². The summed E-state index contributed by atoms with van der Waals surface area (Å²) in [6.07, 6.45) is 1.53. The molecule has 11 heavy (non-hydrogen) atoms. The molecular formula is C9H18O2. The van der Waals surface area contributed by atoms with Crippen molar-refractivity contribution in [1.29, 1.82) is 0 Å². The zero-order valence-corrected chi connectivity index (χ0v) is 7.67. The first kappa shape index (κ1) is 9.01. The van der Waals surface area contributed by atoms with Crippen LogP contribution in [0.4, 0.5) is 0 Å². The number of ether oxygens (including phenoxy) is 2. The Morgan fingerprint density at radius 1 is 1.55 bits per heavy atom. The van der Waals surface area contributed by atoms with Crippen molar-refractivity contribution in [1.82, 2.24) is 0 Å². The smallest absolute Gasteiger partial charge is 0.0812 e. The number of hydrogen-bond acceptors (Lipinski definition) is 2. The molecular weight excluding hydrogens is 140 g/mol. The van der Waals surface area contributed by atoms with E-state index in [-0.39, 0.29) is 0 Å². The molecule has 1 saturated heterocycles. The third-order valence-corrected chi connectivity index (χ3v) is 2.41. The van der Waals surface area contributed by atoms with Crippen molar-refractivity contribution < 1.29 is 9.47 Å². The molecule has 1 rings (SSSR count). The second-order valence-electron chi connectivity index (χ2n) is 3.65. The summed E-state index contributed by atoms with van der Waals surface area (Å²) in [7, 11) is 1.73. The highest BCUT2D eigenvalue weighted by Crippen LogP contribution is 2.25. The fraction of sp³-hybridized carbons (Fsp3) is 1.00. The van der Waals surface area contributed by atoms with Gasteiger partial charge in [-0.3, -0.25) is 0 Å². The van der Waals surface area contributed by atoms with Crippen LogP contribution < -0.4 is 0 Å². The SMILES string of the molecule is COC[C@@H]1C[C@@H](C(C)C)CO1. The van der Waals surface area contributed by atoms with Gasteiger partial charge < -0.3 is 9.47 Å². The Morgan fingerprint density at radius 3 is 2.73 bits per heavy atom. The summed E-state index contributed by atoms with van der Waals surface area (Å²) in [6, 6.07) is 0. The summed E-state index contributed by atoms with van der Waals surface area (Å²) in [4.78, 5) is 0. The molecule has 1 aliphatic heterocycles. The number of rotatable bonds is 3. The van der Waals surface area contributed by atoms with Crippen LogP contribution in [0.25, 0.3) is 0 Å². The van der Waals surface area contributed by atoms with Crippen LogP contribution in [0.2, 0.25) is 0 Å². The van der Waals surface area contributed by atoms with E-state index in [0.717, 1.165) is 25.0 Å². The van der Waals surface area contributed by atoms with E-state index in [1.807, 2.05) is 0 Å². The summed E-state index contributed by atoms with van der Waals surface area (Å²) < 4.78 is 10.6. The topological polar surface area (TPSA) is 18.5 Å². The van der Waals surface area contributed by atoms with Crippen molar-refractivity contribution in [3.05, 3.63) is 0 Å². The van der Waals surface area contributed by atoms with E-state index in [1.165, 1.54) is 6.42 Å². The molecule has 0 aromatic carbocycles. The maximum absolute atomic E-state index is 5.54. The highest BCUT2D eigenvalue weighted by molar-refractivity contribution is 4.75. The van der Waals surface area contributed by atoms with Gasteiger partial charge in [-0.05, 0) is 18.3 Å². The lowest BCUT2D eigenvalue weighted by molar-refractivity contribution is 0.0363. The minimum Gasteiger partial charge on any atom is -0.382 e. The Balaban J connectivity index is 2.23. The van der Waals surface area contributed by atoms with Crippen LogP contribution in [0, 0.1) is 11.8 Å². The zero-order chi connectivity index (χ0) is 8.27. The largest absolute Gasteiger partial charge is 0.382 e. The molecule has 2 heteroatoms. The Kier molecular flexibility index (Phi) is 3.34. The summed E-state index contributed by atoms with van der Waals surface area (Å²) in [6.45, 7) is 6.18. The molecule has 2 atom stereocenters. The summed E-state index contributed by atoms with van der Waals surface area (Å²) in [5, 5.41) is 0. The Bertz CT molecular complexity index is 112. The quantitative estimate of drug-likeness (QED) is 0.622. The van der Waals surface area contributed by atoms with Gasteiger partial charge in [0.05, 0.1) is 19.3 Å². The van der Waals surface area contributed by atoms with Gasteiger partial charge in [-0.2, -0.15) is 0 Å². The Morgan fingerprint density at radius 2 is 2.27 bits per heavy atom.